The summed E-state index contributed by atoms with van der Waals surface area (Å²) < 4.78 is 5.43. The number of hydrogen-bond acceptors (Lipinski definition) is 6. The van der Waals surface area contributed by atoms with E-state index in [1.165, 1.54) is 6.42 Å². The highest BCUT2D eigenvalue weighted by molar-refractivity contribution is 5.93. The first-order valence-electron chi connectivity index (χ1n) is 9.30. The van der Waals surface area contributed by atoms with E-state index in [0.29, 0.717) is 5.69 Å². The van der Waals surface area contributed by atoms with Crippen molar-refractivity contribution >= 4 is 11.9 Å². The van der Waals surface area contributed by atoms with Gasteiger partial charge in [0.15, 0.2) is 0 Å². The smallest absolute Gasteiger partial charge is 0.272 e. The average Bonchev–Trinajstić information content (AvgIpc) is 2.62. The molecule has 2 fully saturated rings. The number of ether oxygens (including phenoxy) is 1. The fourth-order valence-corrected chi connectivity index (χ4v) is 3.58. The van der Waals surface area contributed by atoms with Crippen molar-refractivity contribution in [3.8, 4) is 0 Å². The third-order valence-corrected chi connectivity index (χ3v) is 5.03. The van der Waals surface area contributed by atoms with E-state index in [1.807, 2.05) is 18.7 Å². The van der Waals surface area contributed by atoms with Gasteiger partial charge in [0.25, 0.3) is 5.91 Å². The van der Waals surface area contributed by atoms with Crippen molar-refractivity contribution in [3.05, 3.63) is 17.5 Å². The lowest BCUT2D eigenvalue weighted by atomic mass is 10.0. The molecule has 3 rings (SSSR count). The van der Waals surface area contributed by atoms with Crippen LogP contribution in [-0.4, -0.2) is 71.1 Å². The van der Waals surface area contributed by atoms with Gasteiger partial charge in [-0.3, -0.25) is 9.69 Å². The highest BCUT2D eigenvalue weighted by Crippen LogP contribution is 2.22. The minimum atomic E-state index is -0.0195. The monoisotopic (exact) mass is 347 g/mol. The molecule has 0 saturated carbocycles. The predicted octanol–water partition coefficient (Wildman–Crippen LogP) is 1.51. The van der Waals surface area contributed by atoms with Gasteiger partial charge in [0.2, 0.25) is 5.95 Å². The second kappa shape index (κ2) is 8.10. The van der Waals surface area contributed by atoms with Crippen LogP contribution in [0.2, 0.25) is 0 Å². The number of aromatic nitrogens is 2. The van der Waals surface area contributed by atoms with E-state index in [2.05, 4.69) is 14.9 Å². The molecule has 25 heavy (non-hydrogen) atoms. The zero-order valence-corrected chi connectivity index (χ0v) is 15.3. The summed E-state index contributed by atoms with van der Waals surface area (Å²) in [6, 6.07) is 2.03. The molecule has 1 amide bonds. The quantitative estimate of drug-likeness (QED) is 0.889. The van der Waals surface area contributed by atoms with Crippen LogP contribution in [0.5, 0.6) is 0 Å². The molecule has 0 radical (unpaired) electrons. The molecule has 1 atom stereocenters. The van der Waals surface area contributed by atoms with Crippen molar-refractivity contribution in [1.29, 1.82) is 0 Å². The van der Waals surface area contributed by atoms with Crippen molar-refractivity contribution < 1.29 is 9.53 Å². The van der Waals surface area contributed by atoms with Crippen LogP contribution in [0.3, 0.4) is 0 Å². The molecule has 0 aromatic carbocycles. The zero-order valence-electron chi connectivity index (χ0n) is 15.3. The number of amides is 1. The van der Waals surface area contributed by atoms with Crippen LogP contribution in [0.4, 0.5) is 5.95 Å². The Morgan fingerprint density at radius 3 is 2.76 bits per heavy atom. The van der Waals surface area contributed by atoms with E-state index in [1.54, 1.807) is 6.07 Å². The molecule has 2 aliphatic rings. The third-order valence-electron chi connectivity index (χ3n) is 5.03. The summed E-state index contributed by atoms with van der Waals surface area (Å²) in [5.41, 5.74) is 7.07. The van der Waals surface area contributed by atoms with Crippen molar-refractivity contribution in [3.63, 3.8) is 0 Å². The molecule has 1 aromatic rings. The Labute approximate surface area is 149 Å². The van der Waals surface area contributed by atoms with Crippen molar-refractivity contribution in [2.45, 2.75) is 45.1 Å². The van der Waals surface area contributed by atoms with Crippen LogP contribution < -0.4 is 5.73 Å². The molecule has 2 saturated heterocycles. The molecule has 3 heterocycles. The number of carbonyl (C=O) groups is 1. The molecule has 2 N–H and O–H groups in total. The SMILES string of the molecule is CC(C)c1cc(C(=O)N2CCCC[C@H]2CN2CCOCC2)nc(N)n1. The summed E-state index contributed by atoms with van der Waals surface area (Å²) >= 11 is 0. The summed E-state index contributed by atoms with van der Waals surface area (Å²) in [5, 5.41) is 0. The maximum Gasteiger partial charge on any atom is 0.272 e. The van der Waals surface area contributed by atoms with E-state index in [0.717, 1.165) is 57.9 Å². The van der Waals surface area contributed by atoms with Gasteiger partial charge in [0.05, 0.1) is 13.2 Å². The second-order valence-corrected chi connectivity index (χ2v) is 7.25. The van der Waals surface area contributed by atoms with E-state index in [-0.39, 0.29) is 23.8 Å². The number of rotatable bonds is 4. The number of anilines is 1. The van der Waals surface area contributed by atoms with Crippen LogP contribution in [0.15, 0.2) is 6.07 Å². The van der Waals surface area contributed by atoms with Gasteiger partial charge in [-0.15, -0.1) is 0 Å². The highest BCUT2D eigenvalue weighted by atomic mass is 16.5. The Kier molecular flexibility index (Phi) is 5.86. The summed E-state index contributed by atoms with van der Waals surface area (Å²) in [6.45, 7) is 9.21. The van der Waals surface area contributed by atoms with Gasteiger partial charge < -0.3 is 15.4 Å². The van der Waals surface area contributed by atoms with Crippen LogP contribution in [0.1, 0.15) is 55.2 Å². The van der Waals surface area contributed by atoms with Gasteiger partial charge in [0.1, 0.15) is 5.69 Å². The number of hydrogen-bond donors (Lipinski definition) is 1. The van der Waals surface area contributed by atoms with Gasteiger partial charge in [0, 0.05) is 37.9 Å². The Bertz CT molecular complexity index is 601. The minimum Gasteiger partial charge on any atom is -0.379 e. The van der Waals surface area contributed by atoms with Gasteiger partial charge >= 0.3 is 0 Å². The predicted molar refractivity (Wildman–Crippen MR) is 96.5 cm³/mol. The second-order valence-electron chi connectivity index (χ2n) is 7.25. The lowest BCUT2D eigenvalue weighted by Crippen LogP contribution is -2.51. The lowest BCUT2D eigenvalue weighted by molar-refractivity contribution is 0.0164. The largest absolute Gasteiger partial charge is 0.379 e. The van der Waals surface area contributed by atoms with E-state index in [4.69, 9.17) is 10.5 Å². The number of nitrogens with zero attached hydrogens (tertiary/aromatic N) is 4. The van der Waals surface area contributed by atoms with Gasteiger partial charge in [-0.1, -0.05) is 13.8 Å². The van der Waals surface area contributed by atoms with Gasteiger partial charge in [-0.05, 0) is 31.2 Å². The molecule has 0 aliphatic carbocycles. The first-order chi connectivity index (χ1) is 12.0. The average molecular weight is 347 g/mol. The normalized spacial score (nSPS) is 22.4. The number of nitrogen functional groups attached to an aromatic ring is 1. The standard InChI is InChI=1S/C18H29N5O2/c1-13(2)15-11-16(21-18(19)20-15)17(24)23-6-4-3-5-14(23)12-22-7-9-25-10-8-22/h11,13-14H,3-10,12H2,1-2H3,(H2,19,20,21)/t14-/m0/s1. The van der Waals surface area contributed by atoms with Crippen LogP contribution in [-0.2, 0) is 4.74 Å². The molecular formula is C18H29N5O2. The first-order valence-corrected chi connectivity index (χ1v) is 9.30. The number of piperidine rings is 1. The molecule has 138 valence electrons. The Morgan fingerprint density at radius 1 is 1.28 bits per heavy atom. The number of likely N-dealkylation sites (tertiary alicyclic amines) is 1. The van der Waals surface area contributed by atoms with E-state index < -0.39 is 0 Å². The summed E-state index contributed by atoms with van der Waals surface area (Å²) in [7, 11) is 0. The van der Waals surface area contributed by atoms with E-state index >= 15 is 0 Å². The topological polar surface area (TPSA) is 84.6 Å². The van der Waals surface area contributed by atoms with Crippen LogP contribution in [0.25, 0.3) is 0 Å². The maximum absolute atomic E-state index is 13.1. The lowest BCUT2D eigenvalue weighted by Gasteiger charge is -2.39. The Hall–Kier alpha value is -1.73. The summed E-state index contributed by atoms with van der Waals surface area (Å²) in [6.07, 6.45) is 3.26. The molecule has 7 nitrogen and oxygen atoms in total. The van der Waals surface area contributed by atoms with Gasteiger partial charge in [-0.2, -0.15) is 0 Å². The van der Waals surface area contributed by atoms with Crippen LogP contribution >= 0.6 is 0 Å². The fourth-order valence-electron chi connectivity index (χ4n) is 3.58. The molecule has 7 heteroatoms. The number of nitrogens with two attached hydrogens (primary N) is 1. The maximum atomic E-state index is 13.1. The third kappa shape index (κ3) is 4.46. The van der Waals surface area contributed by atoms with Crippen molar-refractivity contribution in [2.24, 2.45) is 0 Å². The molecule has 2 aliphatic heterocycles. The molecule has 0 spiro atoms. The highest BCUT2D eigenvalue weighted by Gasteiger charge is 2.30. The zero-order chi connectivity index (χ0) is 17.8. The molecule has 0 unspecified atom stereocenters. The minimum absolute atomic E-state index is 0.0195. The molecular weight excluding hydrogens is 318 g/mol. The van der Waals surface area contributed by atoms with Gasteiger partial charge in [-0.25, -0.2) is 9.97 Å². The van der Waals surface area contributed by atoms with E-state index in [9.17, 15) is 4.79 Å². The van der Waals surface area contributed by atoms with Crippen LogP contribution in [0, 0.1) is 0 Å². The number of morpholine rings is 1. The fraction of sp³-hybridized carbons (Fsp3) is 0.722. The number of carbonyl (C=O) groups excluding carboxylic acids is 1. The molecule has 0 bridgehead atoms. The summed E-state index contributed by atoms with van der Waals surface area (Å²) in [4.78, 5) is 26.0. The Balaban J connectivity index is 1.76. The van der Waals surface area contributed by atoms with Crippen molar-refractivity contribution in [1.82, 2.24) is 19.8 Å². The molecule has 1 aromatic heterocycles. The van der Waals surface area contributed by atoms with Crippen molar-refractivity contribution in [2.75, 3.05) is 45.1 Å². The Morgan fingerprint density at radius 2 is 2.04 bits per heavy atom. The summed E-state index contributed by atoms with van der Waals surface area (Å²) in [5.74, 6) is 0.368. The first kappa shape index (κ1) is 18.1.